The van der Waals surface area contributed by atoms with Crippen LogP contribution in [-0.2, 0) is 0 Å². The van der Waals surface area contributed by atoms with E-state index >= 15 is 0 Å². The largest absolute Gasteiger partial charge is 0.298 e. The molecule has 0 fully saturated rings. The molecule has 0 aromatic carbocycles. The van der Waals surface area contributed by atoms with Crippen molar-refractivity contribution in [2.45, 2.75) is 13.8 Å². The van der Waals surface area contributed by atoms with Crippen molar-refractivity contribution in [1.29, 1.82) is 0 Å². The maximum atomic E-state index is 10.4. The van der Waals surface area contributed by atoms with Crippen molar-refractivity contribution in [3.8, 4) is 0 Å². The average molecular weight is 189 g/mol. The molecule has 0 atom stereocenters. The SMILES string of the molecule is C=C/C=c1/cc(C=O)cnc1=C.CC. The molecule has 0 N–H and O–H groups in total. The lowest BCUT2D eigenvalue weighted by Gasteiger charge is -1.89. The molecule has 1 rings (SSSR count). The van der Waals surface area contributed by atoms with Crippen LogP contribution in [0.5, 0.6) is 0 Å². The zero-order chi connectivity index (χ0) is 11.0. The molecule has 0 saturated carbocycles. The summed E-state index contributed by atoms with van der Waals surface area (Å²) in [6.45, 7) is 11.3. The van der Waals surface area contributed by atoms with Crippen molar-refractivity contribution in [1.82, 2.24) is 4.98 Å². The fourth-order valence-electron chi connectivity index (χ4n) is 0.863. The number of aromatic nitrogens is 1. The summed E-state index contributed by atoms with van der Waals surface area (Å²) in [5.41, 5.74) is 0.551. The number of allylic oxidation sites excluding steroid dienone is 1. The number of aldehydes is 1. The Labute approximate surface area is 84.3 Å². The van der Waals surface area contributed by atoms with E-state index in [2.05, 4.69) is 18.1 Å². The van der Waals surface area contributed by atoms with Gasteiger partial charge in [-0.2, -0.15) is 0 Å². The summed E-state index contributed by atoms with van der Waals surface area (Å²) in [4.78, 5) is 14.3. The number of pyridine rings is 1. The minimum Gasteiger partial charge on any atom is -0.298 e. The van der Waals surface area contributed by atoms with Crippen LogP contribution in [0.4, 0.5) is 0 Å². The molecule has 0 amide bonds. The molecule has 0 saturated heterocycles. The van der Waals surface area contributed by atoms with Gasteiger partial charge >= 0.3 is 0 Å². The number of hydrogen-bond donors (Lipinski definition) is 0. The van der Waals surface area contributed by atoms with E-state index < -0.39 is 0 Å². The molecule has 74 valence electrons. The van der Waals surface area contributed by atoms with Crippen molar-refractivity contribution < 1.29 is 4.79 Å². The summed E-state index contributed by atoms with van der Waals surface area (Å²) in [5.74, 6) is 0. The van der Waals surface area contributed by atoms with Crippen LogP contribution in [0.2, 0.25) is 0 Å². The van der Waals surface area contributed by atoms with E-state index in [9.17, 15) is 4.79 Å². The van der Waals surface area contributed by atoms with Crippen LogP contribution in [0.3, 0.4) is 0 Å². The summed E-state index contributed by atoms with van der Waals surface area (Å²) in [6, 6.07) is 1.73. The van der Waals surface area contributed by atoms with Gasteiger partial charge in [0.25, 0.3) is 0 Å². The highest BCUT2D eigenvalue weighted by Crippen LogP contribution is 1.81. The van der Waals surface area contributed by atoms with Crippen molar-refractivity contribution in [3.05, 3.63) is 41.0 Å². The predicted molar refractivity (Wildman–Crippen MR) is 60.4 cm³/mol. The van der Waals surface area contributed by atoms with Gasteiger partial charge in [-0.3, -0.25) is 9.78 Å². The normalized spacial score (nSPS) is 10.0. The highest BCUT2D eigenvalue weighted by atomic mass is 16.1. The standard InChI is InChI=1S/C10H9NO.C2H6/c1-3-4-10-5-9(7-12)6-11-8(10)2;1-2/h3-7H,1-2H2;1-2H3/b10-4-;. The van der Waals surface area contributed by atoms with Gasteiger partial charge < -0.3 is 0 Å². The maximum Gasteiger partial charge on any atom is 0.151 e. The van der Waals surface area contributed by atoms with E-state index in [1.54, 1.807) is 18.2 Å². The molecule has 0 unspecified atom stereocenters. The van der Waals surface area contributed by atoms with Crippen LogP contribution in [0.1, 0.15) is 24.2 Å². The first-order valence-electron chi connectivity index (χ1n) is 4.51. The molecule has 0 bridgehead atoms. The Morgan fingerprint density at radius 3 is 2.57 bits per heavy atom. The number of rotatable bonds is 2. The van der Waals surface area contributed by atoms with E-state index in [0.717, 1.165) is 11.5 Å². The van der Waals surface area contributed by atoms with E-state index in [4.69, 9.17) is 0 Å². The average Bonchev–Trinajstić information content (AvgIpc) is 2.24. The summed E-state index contributed by atoms with van der Waals surface area (Å²) < 4.78 is 0. The van der Waals surface area contributed by atoms with Gasteiger partial charge in [-0.15, -0.1) is 0 Å². The monoisotopic (exact) mass is 189 g/mol. The van der Waals surface area contributed by atoms with Crippen molar-refractivity contribution in [2.75, 3.05) is 0 Å². The van der Waals surface area contributed by atoms with Gasteiger partial charge in [0, 0.05) is 17.0 Å². The summed E-state index contributed by atoms with van der Waals surface area (Å²) in [5, 5.41) is 1.48. The topological polar surface area (TPSA) is 30.0 Å². The Hall–Kier alpha value is -1.70. The molecule has 0 aliphatic rings. The molecule has 0 radical (unpaired) electrons. The van der Waals surface area contributed by atoms with Crippen LogP contribution >= 0.6 is 0 Å². The van der Waals surface area contributed by atoms with Crippen molar-refractivity contribution in [3.63, 3.8) is 0 Å². The second-order valence-electron chi connectivity index (χ2n) is 2.32. The van der Waals surface area contributed by atoms with Gasteiger partial charge in [0.2, 0.25) is 0 Å². The lowest BCUT2D eigenvalue weighted by molar-refractivity contribution is 0.112. The molecular formula is C12H15NO. The summed E-state index contributed by atoms with van der Waals surface area (Å²) in [7, 11) is 0. The first kappa shape index (κ1) is 12.3. The van der Waals surface area contributed by atoms with Gasteiger partial charge in [-0.05, 0) is 6.07 Å². The molecule has 0 spiro atoms. The number of carbonyl (C=O) groups excluding carboxylic acids is 1. The zero-order valence-corrected chi connectivity index (χ0v) is 8.66. The molecule has 2 heteroatoms. The minimum atomic E-state index is 0.551. The van der Waals surface area contributed by atoms with Gasteiger partial charge in [-0.1, -0.05) is 39.2 Å². The maximum absolute atomic E-state index is 10.4. The van der Waals surface area contributed by atoms with Crippen molar-refractivity contribution in [2.24, 2.45) is 0 Å². The summed E-state index contributed by atoms with van der Waals surface area (Å²) >= 11 is 0. The predicted octanol–water partition coefficient (Wildman–Crippen LogP) is 1.30. The van der Waals surface area contributed by atoms with Gasteiger partial charge in [0.05, 0.1) is 5.35 Å². The molecule has 1 aromatic rings. The van der Waals surface area contributed by atoms with Gasteiger partial charge in [0.15, 0.2) is 6.29 Å². The Bertz CT molecular complexity index is 407. The van der Waals surface area contributed by atoms with Crippen molar-refractivity contribution >= 4 is 18.9 Å². The highest BCUT2D eigenvalue weighted by Gasteiger charge is 1.88. The van der Waals surface area contributed by atoms with E-state index in [0.29, 0.717) is 10.9 Å². The fourth-order valence-corrected chi connectivity index (χ4v) is 0.863. The Morgan fingerprint density at radius 2 is 2.07 bits per heavy atom. The van der Waals surface area contributed by atoms with Crippen LogP contribution in [0, 0.1) is 0 Å². The van der Waals surface area contributed by atoms with Crippen LogP contribution in [0.15, 0.2) is 24.9 Å². The van der Waals surface area contributed by atoms with Crippen LogP contribution < -0.4 is 10.6 Å². The molecule has 0 aliphatic heterocycles. The first-order chi connectivity index (χ1) is 6.77. The Morgan fingerprint density at radius 1 is 1.43 bits per heavy atom. The Balaban J connectivity index is 0.000000791. The van der Waals surface area contributed by atoms with Gasteiger partial charge in [0.1, 0.15) is 0 Å². The minimum absolute atomic E-state index is 0.551. The quantitative estimate of drug-likeness (QED) is 0.656. The number of carbonyl (C=O) groups is 1. The third-order valence-corrected chi connectivity index (χ3v) is 1.46. The number of hydrogen-bond acceptors (Lipinski definition) is 2. The second kappa shape index (κ2) is 6.78. The third-order valence-electron chi connectivity index (χ3n) is 1.46. The lowest BCUT2D eigenvalue weighted by atomic mass is 10.2. The fraction of sp³-hybridized carbons (Fsp3) is 0.167. The number of nitrogens with zero attached hydrogens (tertiary/aromatic N) is 1. The molecule has 14 heavy (non-hydrogen) atoms. The second-order valence-corrected chi connectivity index (χ2v) is 2.32. The lowest BCUT2D eigenvalue weighted by Crippen LogP contribution is -2.26. The molecule has 0 aliphatic carbocycles. The van der Waals surface area contributed by atoms with Gasteiger partial charge in [-0.25, -0.2) is 0 Å². The molecule has 1 aromatic heterocycles. The van der Waals surface area contributed by atoms with Crippen LogP contribution in [-0.4, -0.2) is 11.3 Å². The van der Waals surface area contributed by atoms with E-state index in [1.807, 2.05) is 13.8 Å². The van der Waals surface area contributed by atoms with Crippen LogP contribution in [0.25, 0.3) is 12.7 Å². The summed E-state index contributed by atoms with van der Waals surface area (Å²) in [6.07, 6.45) is 5.66. The highest BCUT2D eigenvalue weighted by molar-refractivity contribution is 5.74. The molecular weight excluding hydrogens is 174 g/mol. The van der Waals surface area contributed by atoms with E-state index in [-0.39, 0.29) is 0 Å². The Kier molecular flexibility index (Phi) is 5.95. The molecule has 2 nitrogen and oxygen atoms in total. The first-order valence-corrected chi connectivity index (χ1v) is 4.51. The molecule has 1 heterocycles. The zero-order valence-electron chi connectivity index (χ0n) is 8.66. The smallest absolute Gasteiger partial charge is 0.151 e. The van der Waals surface area contributed by atoms with E-state index in [1.165, 1.54) is 6.20 Å². The third kappa shape index (κ3) is 3.35.